The highest BCUT2D eigenvalue weighted by Gasteiger charge is 2.05. The second-order valence-electron chi connectivity index (χ2n) is 4.06. The van der Waals surface area contributed by atoms with E-state index in [1.807, 2.05) is 6.07 Å². The Kier molecular flexibility index (Phi) is 2.97. The van der Waals surface area contributed by atoms with Gasteiger partial charge in [0.05, 0.1) is 11.9 Å². The number of aromatic nitrogens is 4. The zero-order chi connectivity index (χ0) is 13.2. The molecule has 2 heterocycles. The molecular formula is C13H9ClN4O. The smallest absolute Gasteiger partial charge is 0.267 e. The molecule has 0 aliphatic heterocycles. The monoisotopic (exact) mass is 272 g/mol. The molecule has 0 spiro atoms. The van der Waals surface area contributed by atoms with Gasteiger partial charge in [-0.15, -0.1) is 5.10 Å². The fourth-order valence-electron chi connectivity index (χ4n) is 1.84. The third kappa shape index (κ3) is 2.32. The Labute approximate surface area is 113 Å². The molecular weight excluding hydrogens is 264 g/mol. The zero-order valence-electron chi connectivity index (χ0n) is 9.82. The second kappa shape index (κ2) is 4.78. The fourth-order valence-corrected chi connectivity index (χ4v) is 2.04. The summed E-state index contributed by atoms with van der Waals surface area (Å²) in [5.41, 5.74) is 1.28. The number of rotatable bonds is 2. The van der Waals surface area contributed by atoms with Crippen molar-refractivity contribution in [2.45, 2.75) is 6.54 Å². The lowest BCUT2D eigenvalue weighted by Gasteiger charge is -2.04. The maximum absolute atomic E-state index is 12.2. The molecule has 0 radical (unpaired) electrons. The van der Waals surface area contributed by atoms with Crippen LogP contribution in [0.3, 0.4) is 0 Å². The first-order valence-electron chi connectivity index (χ1n) is 5.67. The minimum atomic E-state index is -0.168. The lowest BCUT2D eigenvalue weighted by molar-refractivity contribution is 0.600. The van der Waals surface area contributed by atoms with Crippen LogP contribution in [0.15, 0.2) is 47.4 Å². The maximum atomic E-state index is 12.2. The van der Waals surface area contributed by atoms with Crippen molar-refractivity contribution in [3.05, 3.63) is 63.7 Å². The van der Waals surface area contributed by atoms with E-state index in [-0.39, 0.29) is 5.56 Å². The molecule has 0 N–H and O–H groups in total. The number of nitrogens with zero attached hydrogens (tertiary/aromatic N) is 4. The fraction of sp³-hybridized carbons (Fsp3) is 0.0769. The molecule has 0 unspecified atom stereocenters. The van der Waals surface area contributed by atoms with Gasteiger partial charge in [0.15, 0.2) is 0 Å². The van der Waals surface area contributed by atoms with Gasteiger partial charge < -0.3 is 0 Å². The molecule has 2 aromatic heterocycles. The molecule has 0 saturated heterocycles. The molecule has 6 heteroatoms. The molecule has 0 bridgehead atoms. The predicted octanol–water partition coefficient (Wildman–Crippen LogP) is 1.89. The first kappa shape index (κ1) is 11.8. The van der Waals surface area contributed by atoms with E-state index < -0.39 is 0 Å². The Morgan fingerprint density at radius 1 is 1.21 bits per heavy atom. The van der Waals surface area contributed by atoms with Gasteiger partial charge in [-0.1, -0.05) is 28.9 Å². The third-order valence-electron chi connectivity index (χ3n) is 2.75. The molecule has 0 aliphatic rings. The topological polar surface area (TPSA) is 60.7 Å². The van der Waals surface area contributed by atoms with Crippen LogP contribution in [-0.2, 0) is 6.54 Å². The van der Waals surface area contributed by atoms with E-state index in [1.54, 1.807) is 36.5 Å². The van der Waals surface area contributed by atoms with Crippen molar-refractivity contribution in [2.75, 3.05) is 0 Å². The molecule has 3 rings (SSSR count). The summed E-state index contributed by atoms with van der Waals surface area (Å²) in [6, 6.07) is 10.6. The van der Waals surface area contributed by atoms with Crippen LogP contribution >= 0.6 is 11.6 Å². The van der Waals surface area contributed by atoms with Crippen molar-refractivity contribution in [3.8, 4) is 0 Å². The van der Waals surface area contributed by atoms with Gasteiger partial charge in [0.25, 0.3) is 5.56 Å². The van der Waals surface area contributed by atoms with Crippen LogP contribution in [0.5, 0.6) is 0 Å². The number of halogens is 1. The highest BCUT2D eigenvalue weighted by Crippen LogP contribution is 2.08. The number of hydrogen-bond donors (Lipinski definition) is 0. The van der Waals surface area contributed by atoms with Gasteiger partial charge in [0, 0.05) is 6.20 Å². The lowest BCUT2D eigenvalue weighted by atomic mass is 10.2. The Hall–Kier alpha value is -2.27. The van der Waals surface area contributed by atoms with Gasteiger partial charge in [-0.05, 0) is 29.8 Å². The van der Waals surface area contributed by atoms with Crippen molar-refractivity contribution in [2.24, 2.45) is 0 Å². The van der Waals surface area contributed by atoms with E-state index in [4.69, 9.17) is 11.6 Å². The van der Waals surface area contributed by atoms with E-state index in [0.717, 1.165) is 5.56 Å². The van der Waals surface area contributed by atoms with Crippen LogP contribution in [0.25, 0.3) is 10.9 Å². The van der Waals surface area contributed by atoms with E-state index in [1.165, 1.54) is 4.68 Å². The van der Waals surface area contributed by atoms with Crippen molar-refractivity contribution in [1.82, 2.24) is 20.0 Å². The minimum Gasteiger partial charge on any atom is -0.267 e. The second-order valence-corrected chi connectivity index (χ2v) is 4.44. The van der Waals surface area contributed by atoms with Crippen molar-refractivity contribution >= 4 is 22.5 Å². The Morgan fingerprint density at radius 3 is 2.89 bits per heavy atom. The number of benzene rings is 1. The summed E-state index contributed by atoms with van der Waals surface area (Å²) in [6.45, 7) is 0.318. The highest BCUT2D eigenvalue weighted by molar-refractivity contribution is 6.29. The maximum Gasteiger partial charge on any atom is 0.277 e. The van der Waals surface area contributed by atoms with Crippen LogP contribution in [0, 0.1) is 0 Å². The normalized spacial score (nSPS) is 10.8. The SMILES string of the molecule is O=c1c2ccccc2nnn1Cc1ccnc(Cl)c1. The summed E-state index contributed by atoms with van der Waals surface area (Å²) in [4.78, 5) is 16.1. The summed E-state index contributed by atoms with van der Waals surface area (Å²) in [5.74, 6) is 0. The van der Waals surface area contributed by atoms with Gasteiger partial charge in [0.2, 0.25) is 0 Å². The largest absolute Gasteiger partial charge is 0.277 e. The minimum absolute atomic E-state index is 0.168. The highest BCUT2D eigenvalue weighted by atomic mass is 35.5. The Morgan fingerprint density at radius 2 is 2.05 bits per heavy atom. The predicted molar refractivity (Wildman–Crippen MR) is 72.1 cm³/mol. The van der Waals surface area contributed by atoms with Crippen molar-refractivity contribution < 1.29 is 0 Å². The third-order valence-corrected chi connectivity index (χ3v) is 2.96. The molecule has 1 aromatic carbocycles. The Balaban J connectivity index is 2.06. The standard InChI is InChI=1S/C13H9ClN4O/c14-12-7-9(5-6-15-12)8-18-13(19)10-3-1-2-4-11(10)16-17-18/h1-7H,8H2. The molecule has 5 nitrogen and oxygen atoms in total. The number of pyridine rings is 1. The quantitative estimate of drug-likeness (QED) is 0.669. The summed E-state index contributed by atoms with van der Waals surface area (Å²) >= 11 is 5.81. The van der Waals surface area contributed by atoms with Crippen LogP contribution in [-0.4, -0.2) is 20.0 Å². The first-order chi connectivity index (χ1) is 9.24. The molecule has 3 aromatic rings. The summed E-state index contributed by atoms with van der Waals surface area (Å²) in [6.07, 6.45) is 1.59. The summed E-state index contributed by atoms with van der Waals surface area (Å²) in [7, 11) is 0. The number of fused-ring (bicyclic) bond motifs is 1. The van der Waals surface area contributed by atoms with E-state index in [0.29, 0.717) is 22.6 Å². The molecule has 0 atom stereocenters. The molecule has 0 saturated carbocycles. The molecule has 0 fully saturated rings. The van der Waals surface area contributed by atoms with Gasteiger partial charge in [0.1, 0.15) is 10.7 Å². The van der Waals surface area contributed by atoms with Crippen molar-refractivity contribution in [1.29, 1.82) is 0 Å². The molecule has 0 amide bonds. The average Bonchev–Trinajstić information content (AvgIpc) is 2.42. The van der Waals surface area contributed by atoms with Crippen molar-refractivity contribution in [3.63, 3.8) is 0 Å². The van der Waals surface area contributed by atoms with E-state index >= 15 is 0 Å². The number of hydrogen-bond acceptors (Lipinski definition) is 4. The van der Waals surface area contributed by atoms with Crippen LogP contribution < -0.4 is 5.56 Å². The van der Waals surface area contributed by atoms with Crippen LogP contribution in [0.4, 0.5) is 0 Å². The van der Waals surface area contributed by atoms with Gasteiger partial charge in [-0.2, -0.15) is 0 Å². The van der Waals surface area contributed by atoms with Crippen LogP contribution in [0.1, 0.15) is 5.56 Å². The van der Waals surface area contributed by atoms with Crippen LogP contribution in [0.2, 0.25) is 5.15 Å². The molecule has 19 heavy (non-hydrogen) atoms. The summed E-state index contributed by atoms with van der Waals surface area (Å²) < 4.78 is 1.31. The van der Waals surface area contributed by atoms with Gasteiger partial charge in [-0.25, -0.2) is 9.67 Å². The summed E-state index contributed by atoms with van der Waals surface area (Å²) in [5, 5.41) is 8.89. The molecule has 94 valence electrons. The Bertz CT molecular complexity index is 800. The zero-order valence-corrected chi connectivity index (χ0v) is 10.6. The first-order valence-corrected chi connectivity index (χ1v) is 6.05. The molecule has 0 aliphatic carbocycles. The van der Waals surface area contributed by atoms with E-state index in [2.05, 4.69) is 15.3 Å². The van der Waals surface area contributed by atoms with E-state index in [9.17, 15) is 4.79 Å². The van der Waals surface area contributed by atoms with Gasteiger partial charge >= 0.3 is 0 Å². The lowest BCUT2D eigenvalue weighted by Crippen LogP contribution is -2.24. The van der Waals surface area contributed by atoms with Gasteiger partial charge in [-0.3, -0.25) is 4.79 Å². The average molecular weight is 273 g/mol.